The van der Waals surface area contributed by atoms with Gasteiger partial charge in [-0.15, -0.1) is 0 Å². The van der Waals surface area contributed by atoms with E-state index in [1.54, 1.807) is 22.5 Å². The second-order valence-electron chi connectivity index (χ2n) is 8.68. The van der Waals surface area contributed by atoms with Crippen LogP contribution in [0.4, 0.5) is 13.2 Å². The van der Waals surface area contributed by atoms with Gasteiger partial charge in [-0.05, 0) is 50.5 Å². The first-order chi connectivity index (χ1) is 16.7. The van der Waals surface area contributed by atoms with Gasteiger partial charge in [-0.2, -0.15) is 0 Å². The van der Waals surface area contributed by atoms with Crippen LogP contribution < -0.4 is 5.32 Å². The summed E-state index contributed by atoms with van der Waals surface area (Å²) in [5.74, 6) is -4.35. The summed E-state index contributed by atoms with van der Waals surface area (Å²) >= 11 is 0. The molecule has 6 nitrogen and oxygen atoms in total. The summed E-state index contributed by atoms with van der Waals surface area (Å²) in [7, 11) is 1.59. The quantitative estimate of drug-likeness (QED) is 0.495. The normalized spacial score (nSPS) is 19.9. The maximum absolute atomic E-state index is 14.0. The highest BCUT2D eigenvalue weighted by atomic mass is 19.2. The number of piperidine rings is 1. The third-order valence-corrected chi connectivity index (χ3v) is 6.69. The lowest BCUT2D eigenvalue weighted by atomic mass is 9.84. The van der Waals surface area contributed by atoms with Crippen LogP contribution in [0.2, 0.25) is 0 Å². The van der Waals surface area contributed by atoms with Crippen molar-refractivity contribution in [2.75, 3.05) is 7.05 Å². The molecule has 1 fully saturated rings. The molecule has 2 aromatic heterocycles. The lowest BCUT2D eigenvalue weighted by molar-refractivity contribution is 0.0599. The molecule has 1 aliphatic heterocycles. The molecule has 1 saturated heterocycles. The minimum atomic E-state index is -1.54. The van der Waals surface area contributed by atoms with Crippen molar-refractivity contribution in [3.05, 3.63) is 76.5 Å². The zero-order chi connectivity index (χ0) is 25.4. The molecule has 35 heavy (non-hydrogen) atoms. The summed E-state index contributed by atoms with van der Waals surface area (Å²) in [4.78, 5) is 20.0. The van der Waals surface area contributed by atoms with Crippen LogP contribution in [0.3, 0.4) is 0 Å². The van der Waals surface area contributed by atoms with Crippen LogP contribution in [0.1, 0.15) is 54.9 Å². The first kappa shape index (κ1) is 24.5. The standard InChI is InChI=1S/C26H28F3N5O/c1-5-16-12-17(25(31-4)15-10-18(27)23(29)19(28)11-15)24(30)20(6-2)34(16)26(35)21-13-32-22-9-7-8-14(3)33(21)22/h7-11,13,16,20,30-31H,5-6,12H2,1-4H3/b25-17-,30-24?/t16-,20+/m0/s1. The molecule has 0 spiro atoms. The molecule has 2 atom stereocenters. The fourth-order valence-electron chi connectivity index (χ4n) is 4.98. The first-order valence-electron chi connectivity index (χ1n) is 11.6. The van der Waals surface area contributed by atoms with Gasteiger partial charge in [0.15, 0.2) is 17.5 Å². The van der Waals surface area contributed by atoms with Crippen LogP contribution in [-0.2, 0) is 0 Å². The lowest BCUT2D eigenvalue weighted by Gasteiger charge is -2.43. The number of carbonyl (C=O) groups excluding carboxylic acids is 1. The number of carbonyl (C=O) groups is 1. The number of pyridine rings is 1. The van der Waals surface area contributed by atoms with Gasteiger partial charge in [0.1, 0.15) is 11.3 Å². The highest BCUT2D eigenvalue weighted by molar-refractivity contribution is 6.10. The van der Waals surface area contributed by atoms with Crippen molar-refractivity contribution in [3.63, 3.8) is 0 Å². The van der Waals surface area contributed by atoms with Gasteiger partial charge in [-0.3, -0.25) is 9.20 Å². The number of rotatable bonds is 5. The van der Waals surface area contributed by atoms with Gasteiger partial charge < -0.3 is 15.6 Å². The molecule has 4 rings (SSSR count). The van der Waals surface area contributed by atoms with Crippen LogP contribution in [0.15, 0.2) is 42.1 Å². The van der Waals surface area contributed by atoms with Crippen molar-refractivity contribution in [2.24, 2.45) is 0 Å². The van der Waals surface area contributed by atoms with Crippen LogP contribution in [0.25, 0.3) is 11.3 Å². The number of benzene rings is 1. The molecular weight excluding hydrogens is 455 g/mol. The van der Waals surface area contributed by atoms with Crippen LogP contribution >= 0.6 is 0 Å². The van der Waals surface area contributed by atoms with E-state index in [2.05, 4.69) is 10.3 Å². The Morgan fingerprint density at radius 1 is 1.17 bits per heavy atom. The molecule has 2 N–H and O–H groups in total. The third-order valence-electron chi connectivity index (χ3n) is 6.69. The molecule has 3 aromatic rings. The predicted octanol–water partition coefficient (Wildman–Crippen LogP) is 5.11. The smallest absolute Gasteiger partial charge is 0.273 e. The zero-order valence-electron chi connectivity index (χ0n) is 20.1. The van der Waals surface area contributed by atoms with Gasteiger partial charge >= 0.3 is 0 Å². The number of aromatic nitrogens is 2. The third kappa shape index (κ3) is 4.09. The number of hydrogen-bond donors (Lipinski definition) is 2. The molecule has 0 aliphatic carbocycles. The Kier molecular flexibility index (Phi) is 6.69. The van der Waals surface area contributed by atoms with Gasteiger partial charge in [0.25, 0.3) is 5.91 Å². The molecule has 1 amide bonds. The Morgan fingerprint density at radius 2 is 1.86 bits per heavy atom. The molecule has 3 heterocycles. The number of imidazole rings is 1. The van der Waals surface area contributed by atoms with Crippen molar-refractivity contribution in [2.45, 2.75) is 52.1 Å². The lowest BCUT2D eigenvalue weighted by Crippen LogP contribution is -2.55. The molecule has 9 heteroatoms. The summed E-state index contributed by atoms with van der Waals surface area (Å²) in [6.07, 6.45) is 2.95. The second kappa shape index (κ2) is 9.56. The minimum absolute atomic E-state index is 0.116. The Bertz CT molecular complexity index is 1320. The van der Waals surface area contributed by atoms with Crippen molar-refractivity contribution < 1.29 is 18.0 Å². The van der Waals surface area contributed by atoms with Crippen molar-refractivity contribution in [1.82, 2.24) is 19.6 Å². The second-order valence-corrected chi connectivity index (χ2v) is 8.68. The summed E-state index contributed by atoms with van der Waals surface area (Å²) in [5, 5.41) is 11.9. The molecule has 0 unspecified atom stereocenters. The topological polar surface area (TPSA) is 73.5 Å². The van der Waals surface area contributed by atoms with Gasteiger partial charge in [-0.25, -0.2) is 18.2 Å². The molecule has 0 bridgehead atoms. The van der Waals surface area contributed by atoms with E-state index < -0.39 is 23.5 Å². The summed E-state index contributed by atoms with van der Waals surface area (Å²) in [6.45, 7) is 5.75. The van der Waals surface area contributed by atoms with E-state index in [-0.39, 0.29) is 23.2 Å². The Labute approximate surface area is 202 Å². The van der Waals surface area contributed by atoms with E-state index in [4.69, 9.17) is 5.41 Å². The van der Waals surface area contributed by atoms with Crippen molar-refractivity contribution in [1.29, 1.82) is 5.41 Å². The number of amides is 1. The van der Waals surface area contributed by atoms with E-state index >= 15 is 0 Å². The fourth-order valence-corrected chi connectivity index (χ4v) is 4.98. The van der Waals surface area contributed by atoms with Crippen molar-refractivity contribution in [3.8, 4) is 0 Å². The van der Waals surface area contributed by atoms with Gasteiger partial charge in [0.2, 0.25) is 0 Å². The number of nitrogens with zero attached hydrogens (tertiary/aromatic N) is 3. The SMILES string of the molecule is CC[C@H]1C/C(=C(/NC)c2cc(F)c(F)c(F)c2)C(=N)[C@@H](CC)N1C(=O)c1cnc2cccc(C)n12. The van der Waals surface area contributed by atoms with Crippen LogP contribution in [0.5, 0.6) is 0 Å². The van der Waals surface area contributed by atoms with Gasteiger partial charge in [0.05, 0.1) is 18.0 Å². The van der Waals surface area contributed by atoms with Gasteiger partial charge in [-0.1, -0.05) is 19.9 Å². The number of halogens is 3. The van der Waals surface area contributed by atoms with Crippen molar-refractivity contribution >= 4 is 23.0 Å². The highest BCUT2D eigenvalue weighted by Gasteiger charge is 2.40. The number of aryl methyl sites for hydroxylation is 1. The Morgan fingerprint density at radius 3 is 2.46 bits per heavy atom. The maximum Gasteiger partial charge on any atom is 0.273 e. The van der Waals surface area contributed by atoms with E-state index in [0.29, 0.717) is 41.9 Å². The fraction of sp³-hybridized carbons (Fsp3) is 0.346. The molecule has 0 radical (unpaired) electrons. The highest BCUT2D eigenvalue weighted by Crippen LogP contribution is 2.34. The number of hydrogen-bond acceptors (Lipinski definition) is 4. The van der Waals surface area contributed by atoms with Crippen LogP contribution in [-0.4, -0.2) is 45.0 Å². The van der Waals surface area contributed by atoms with Gasteiger partial charge in [0, 0.05) is 35.6 Å². The van der Waals surface area contributed by atoms with E-state index in [1.807, 2.05) is 39.0 Å². The van der Waals surface area contributed by atoms with Crippen LogP contribution in [0, 0.1) is 29.8 Å². The summed E-state index contributed by atoms with van der Waals surface area (Å²) in [5.41, 5.74) is 3.16. The molecular formula is C26H28F3N5O. The first-order valence-corrected chi connectivity index (χ1v) is 11.6. The largest absolute Gasteiger partial charge is 0.387 e. The Hall–Kier alpha value is -3.62. The number of fused-ring (bicyclic) bond motifs is 1. The average Bonchev–Trinajstić information content (AvgIpc) is 3.28. The number of likely N-dealkylation sites (tertiary alicyclic amines) is 1. The average molecular weight is 484 g/mol. The maximum atomic E-state index is 14.0. The summed E-state index contributed by atoms with van der Waals surface area (Å²) < 4.78 is 43.4. The zero-order valence-corrected chi connectivity index (χ0v) is 20.1. The Balaban J connectivity index is 1.80. The molecule has 1 aromatic carbocycles. The molecule has 184 valence electrons. The van der Waals surface area contributed by atoms with E-state index in [1.165, 1.54) is 0 Å². The minimum Gasteiger partial charge on any atom is -0.387 e. The molecule has 1 aliphatic rings. The van der Waals surface area contributed by atoms with E-state index in [9.17, 15) is 18.0 Å². The number of nitrogens with one attached hydrogen (secondary N) is 2. The van der Waals surface area contributed by atoms with E-state index in [0.717, 1.165) is 17.8 Å². The molecule has 0 saturated carbocycles. The summed E-state index contributed by atoms with van der Waals surface area (Å²) in [6, 6.07) is 6.64. The predicted molar refractivity (Wildman–Crippen MR) is 129 cm³/mol. The monoisotopic (exact) mass is 483 g/mol.